The first-order valence-electron chi connectivity index (χ1n) is 6.43. The van der Waals surface area contributed by atoms with E-state index >= 15 is 0 Å². The summed E-state index contributed by atoms with van der Waals surface area (Å²) in [5.41, 5.74) is 9.20. The van der Waals surface area contributed by atoms with Crippen LogP contribution < -0.4 is 5.73 Å². The summed E-state index contributed by atoms with van der Waals surface area (Å²) in [7, 11) is 1.93. The molecule has 0 aliphatic carbocycles. The number of nitrogens with zero attached hydrogens (tertiary/aromatic N) is 4. The molecule has 0 atom stereocenters. The quantitative estimate of drug-likeness (QED) is 0.900. The number of rotatable bonds is 4. The first-order valence-corrected chi connectivity index (χ1v) is 6.43. The number of anilines is 1. The number of aromatic nitrogens is 4. The van der Waals surface area contributed by atoms with Crippen LogP contribution in [-0.2, 0) is 20.0 Å². The molecule has 0 amide bonds. The van der Waals surface area contributed by atoms with Gasteiger partial charge in [-0.05, 0) is 20.3 Å². The Kier molecular flexibility index (Phi) is 3.41. The predicted octanol–water partition coefficient (Wildman–Crippen LogP) is 2.15. The summed E-state index contributed by atoms with van der Waals surface area (Å²) >= 11 is 0. The third-order valence-electron chi connectivity index (χ3n) is 3.37. The smallest absolute Gasteiger partial charge is 0.131 e. The second-order valence-electron chi connectivity index (χ2n) is 4.52. The molecule has 18 heavy (non-hydrogen) atoms. The molecule has 0 spiro atoms. The first kappa shape index (κ1) is 12.7. The molecule has 0 radical (unpaired) electrons. The first-order chi connectivity index (χ1) is 8.60. The Bertz CT molecular complexity index is 550. The van der Waals surface area contributed by atoms with E-state index in [2.05, 4.69) is 23.5 Å². The number of hydrogen-bond donors (Lipinski definition) is 1. The zero-order chi connectivity index (χ0) is 13.3. The van der Waals surface area contributed by atoms with Crippen LogP contribution in [0.1, 0.15) is 31.8 Å². The van der Waals surface area contributed by atoms with E-state index in [0.717, 1.165) is 48.0 Å². The van der Waals surface area contributed by atoms with Crippen LogP contribution in [0, 0.1) is 6.92 Å². The second kappa shape index (κ2) is 4.84. The van der Waals surface area contributed by atoms with Gasteiger partial charge in [0.15, 0.2) is 0 Å². The molecule has 98 valence electrons. The summed E-state index contributed by atoms with van der Waals surface area (Å²) in [5, 5.41) is 4.26. The van der Waals surface area contributed by atoms with Gasteiger partial charge in [0, 0.05) is 31.3 Å². The van der Waals surface area contributed by atoms with Crippen molar-refractivity contribution in [2.24, 2.45) is 7.05 Å². The Hall–Kier alpha value is -1.78. The van der Waals surface area contributed by atoms with Gasteiger partial charge >= 0.3 is 0 Å². The van der Waals surface area contributed by atoms with Crippen molar-refractivity contribution in [3.05, 3.63) is 17.7 Å². The van der Waals surface area contributed by atoms with Gasteiger partial charge in [-0.2, -0.15) is 5.10 Å². The lowest BCUT2D eigenvalue weighted by Crippen LogP contribution is -2.05. The van der Waals surface area contributed by atoms with Gasteiger partial charge in [-0.15, -0.1) is 0 Å². The van der Waals surface area contributed by atoms with E-state index in [1.807, 2.05) is 24.9 Å². The fourth-order valence-electron chi connectivity index (χ4n) is 2.21. The minimum Gasteiger partial charge on any atom is -0.383 e. The van der Waals surface area contributed by atoms with Crippen molar-refractivity contribution in [1.29, 1.82) is 0 Å². The fourth-order valence-corrected chi connectivity index (χ4v) is 2.21. The van der Waals surface area contributed by atoms with Gasteiger partial charge in [-0.25, -0.2) is 4.98 Å². The van der Waals surface area contributed by atoms with Crippen LogP contribution in [0.4, 0.5) is 5.82 Å². The third kappa shape index (κ3) is 1.89. The molecular formula is C13H21N5. The normalized spacial score (nSPS) is 11.1. The molecule has 0 aliphatic rings. The van der Waals surface area contributed by atoms with Crippen LogP contribution in [0.2, 0.25) is 0 Å². The summed E-state index contributed by atoms with van der Waals surface area (Å²) in [4.78, 5) is 4.70. The highest BCUT2D eigenvalue weighted by molar-refractivity contribution is 5.72. The number of imidazole rings is 1. The van der Waals surface area contributed by atoms with Crippen molar-refractivity contribution in [3.8, 4) is 11.3 Å². The number of aryl methyl sites for hydroxylation is 2. The topological polar surface area (TPSA) is 61.7 Å². The van der Waals surface area contributed by atoms with E-state index in [1.54, 1.807) is 0 Å². The van der Waals surface area contributed by atoms with Gasteiger partial charge in [0.05, 0.1) is 6.20 Å². The van der Waals surface area contributed by atoms with Crippen molar-refractivity contribution in [3.63, 3.8) is 0 Å². The largest absolute Gasteiger partial charge is 0.383 e. The molecule has 0 aliphatic heterocycles. The van der Waals surface area contributed by atoms with E-state index in [1.165, 1.54) is 0 Å². The molecule has 0 saturated heterocycles. The minimum atomic E-state index is 0.747. The Balaban J connectivity index is 2.55. The van der Waals surface area contributed by atoms with E-state index in [-0.39, 0.29) is 0 Å². The van der Waals surface area contributed by atoms with E-state index in [0.29, 0.717) is 0 Å². The van der Waals surface area contributed by atoms with Gasteiger partial charge in [0.2, 0.25) is 0 Å². The van der Waals surface area contributed by atoms with Crippen LogP contribution in [0.15, 0.2) is 6.20 Å². The van der Waals surface area contributed by atoms with E-state index in [9.17, 15) is 0 Å². The van der Waals surface area contributed by atoms with Gasteiger partial charge in [0.1, 0.15) is 17.3 Å². The maximum Gasteiger partial charge on any atom is 0.131 e. The number of nitrogens with two attached hydrogens (primary N) is 1. The van der Waals surface area contributed by atoms with Crippen LogP contribution in [0.5, 0.6) is 0 Å². The average molecular weight is 247 g/mol. The van der Waals surface area contributed by atoms with Crippen molar-refractivity contribution in [2.45, 2.75) is 40.2 Å². The lowest BCUT2D eigenvalue weighted by atomic mass is 10.2. The van der Waals surface area contributed by atoms with Crippen molar-refractivity contribution in [2.75, 3.05) is 5.73 Å². The number of nitrogen functional groups attached to an aromatic ring is 1. The molecule has 0 saturated carbocycles. The molecular weight excluding hydrogens is 226 g/mol. The Morgan fingerprint density at radius 2 is 2.06 bits per heavy atom. The minimum absolute atomic E-state index is 0.747. The molecule has 5 heteroatoms. The fraction of sp³-hybridized carbons (Fsp3) is 0.538. The van der Waals surface area contributed by atoms with Crippen LogP contribution >= 0.6 is 0 Å². The van der Waals surface area contributed by atoms with Gasteiger partial charge in [-0.1, -0.05) is 6.92 Å². The molecule has 0 aromatic carbocycles. The van der Waals surface area contributed by atoms with E-state index < -0.39 is 0 Å². The van der Waals surface area contributed by atoms with Crippen LogP contribution in [0.25, 0.3) is 11.3 Å². The van der Waals surface area contributed by atoms with Crippen LogP contribution in [0.3, 0.4) is 0 Å². The maximum atomic E-state index is 6.22. The maximum absolute atomic E-state index is 6.22. The zero-order valence-electron chi connectivity index (χ0n) is 11.6. The standard InChI is InChI=1S/C13H21N5/c1-5-7-11-16-12(13(14)18(11)6-2)10-8-15-17(4)9(10)3/h8H,5-7,14H2,1-4H3. The average Bonchev–Trinajstić information content (AvgIpc) is 2.82. The lowest BCUT2D eigenvalue weighted by Gasteiger charge is -2.05. The van der Waals surface area contributed by atoms with Crippen molar-refractivity contribution >= 4 is 5.82 Å². The van der Waals surface area contributed by atoms with Gasteiger partial charge in [-0.3, -0.25) is 4.68 Å². The highest BCUT2D eigenvalue weighted by atomic mass is 15.3. The summed E-state index contributed by atoms with van der Waals surface area (Å²) in [6.45, 7) is 7.14. The highest BCUT2D eigenvalue weighted by Gasteiger charge is 2.17. The monoisotopic (exact) mass is 247 g/mol. The summed E-state index contributed by atoms with van der Waals surface area (Å²) in [6, 6.07) is 0. The van der Waals surface area contributed by atoms with Crippen molar-refractivity contribution in [1.82, 2.24) is 19.3 Å². The lowest BCUT2D eigenvalue weighted by molar-refractivity contribution is 0.690. The molecule has 2 heterocycles. The molecule has 2 aromatic heterocycles. The molecule has 0 unspecified atom stereocenters. The van der Waals surface area contributed by atoms with Crippen LogP contribution in [-0.4, -0.2) is 19.3 Å². The van der Waals surface area contributed by atoms with E-state index in [4.69, 9.17) is 10.7 Å². The molecule has 2 rings (SSSR count). The Morgan fingerprint density at radius 1 is 1.33 bits per heavy atom. The third-order valence-corrected chi connectivity index (χ3v) is 3.37. The molecule has 0 bridgehead atoms. The molecule has 0 fully saturated rings. The van der Waals surface area contributed by atoms with Gasteiger partial charge in [0.25, 0.3) is 0 Å². The zero-order valence-corrected chi connectivity index (χ0v) is 11.6. The Morgan fingerprint density at radius 3 is 2.56 bits per heavy atom. The van der Waals surface area contributed by atoms with Crippen molar-refractivity contribution < 1.29 is 0 Å². The number of hydrogen-bond acceptors (Lipinski definition) is 3. The molecule has 5 nitrogen and oxygen atoms in total. The summed E-state index contributed by atoms with van der Waals surface area (Å²) in [5.74, 6) is 1.81. The molecule has 2 N–H and O–H groups in total. The molecule has 2 aromatic rings. The Labute approximate surface area is 108 Å². The predicted molar refractivity (Wildman–Crippen MR) is 73.2 cm³/mol. The summed E-state index contributed by atoms with van der Waals surface area (Å²) < 4.78 is 3.94. The second-order valence-corrected chi connectivity index (χ2v) is 4.52. The highest BCUT2D eigenvalue weighted by Crippen LogP contribution is 2.28. The SMILES string of the molecule is CCCc1nc(-c2cnn(C)c2C)c(N)n1CC. The van der Waals surface area contributed by atoms with Gasteiger partial charge < -0.3 is 10.3 Å². The summed E-state index contributed by atoms with van der Waals surface area (Å²) in [6.07, 6.45) is 3.86.